The minimum Gasteiger partial charge on any atom is -0.380 e. The maximum atomic E-state index is 5.83. The van der Waals surface area contributed by atoms with E-state index in [2.05, 4.69) is 29.4 Å². The van der Waals surface area contributed by atoms with E-state index in [1.165, 1.54) is 30.5 Å². The lowest BCUT2D eigenvalue weighted by atomic mass is 9.90. The fourth-order valence-electron chi connectivity index (χ4n) is 3.57. The smallest absolute Gasteiger partial charge is 0.0758 e. The van der Waals surface area contributed by atoms with Crippen LogP contribution < -0.4 is 5.32 Å². The fourth-order valence-corrected chi connectivity index (χ4v) is 3.57. The second kappa shape index (κ2) is 5.59. The number of aryl methyl sites for hydroxylation is 1. The number of fused-ring (bicyclic) bond motifs is 1. The molecule has 0 radical (unpaired) electrons. The largest absolute Gasteiger partial charge is 0.380 e. The van der Waals surface area contributed by atoms with Gasteiger partial charge in [0.15, 0.2) is 0 Å². The number of hydrogen-bond donors (Lipinski definition) is 1. The third-order valence-corrected chi connectivity index (χ3v) is 4.59. The first-order chi connectivity index (χ1) is 9.35. The van der Waals surface area contributed by atoms with Crippen molar-refractivity contribution < 1.29 is 4.74 Å². The highest BCUT2D eigenvalue weighted by Gasteiger charge is 2.42. The predicted octanol–water partition coefficient (Wildman–Crippen LogP) is 2.51. The van der Waals surface area contributed by atoms with Gasteiger partial charge in [-0.1, -0.05) is 13.0 Å². The van der Waals surface area contributed by atoms with E-state index in [9.17, 15) is 0 Å². The Labute approximate surface area is 115 Å². The Morgan fingerprint density at radius 2 is 2.26 bits per heavy atom. The molecule has 1 saturated carbocycles. The van der Waals surface area contributed by atoms with Crippen LogP contribution in [-0.4, -0.2) is 30.8 Å². The zero-order chi connectivity index (χ0) is 13.2. The number of aromatic nitrogens is 1. The van der Waals surface area contributed by atoms with E-state index >= 15 is 0 Å². The van der Waals surface area contributed by atoms with E-state index in [-0.39, 0.29) is 0 Å². The minimum absolute atomic E-state index is 0.345. The monoisotopic (exact) mass is 260 g/mol. The Morgan fingerprint density at radius 3 is 2.95 bits per heavy atom. The summed E-state index contributed by atoms with van der Waals surface area (Å²) in [6.45, 7) is 3.18. The van der Waals surface area contributed by atoms with Crippen molar-refractivity contribution in [1.29, 1.82) is 0 Å². The molecule has 0 aromatic carbocycles. The van der Waals surface area contributed by atoms with Gasteiger partial charge in [0.25, 0.3) is 0 Å². The summed E-state index contributed by atoms with van der Waals surface area (Å²) in [4.78, 5) is 4.64. The van der Waals surface area contributed by atoms with Crippen molar-refractivity contribution in [3.63, 3.8) is 0 Å². The van der Waals surface area contributed by atoms with Crippen LogP contribution >= 0.6 is 0 Å². The summed E-state index contributed by atoms with van der Waals surface area (Å²) in [5.41, 5.74) is 2.73. The molecule has 1 heterocycles. The first-order valence-electron chi connectivity index (χ1n) is 7.55. The van der Waals surface area contributed by atoms with Gasteiger partial charge in [0.05, 0.1) is 6.10 Å². The molecule has 3 nitrogen and oxygen atoms in total. The Bertz CT molecular complexity index is 431. The summed E-state index contributed by atoms with van der Waals surface area (Å²) in [6, 6.07) is 4.70. The van der Waals surface area contributed by atoms with Gasteiger partial charge in [-0.2, -0.15) is 0 Å². The van der Waals surface area contributed by atoms with Gasteiger partial charge in [0, 0.05) is 31.0 Å². The highest BCUT2D eigenvalue weighted by Crippen LogP contribution is 2.42. The van der Waals surface area contributed by atoms with Gasteiger partial charge >= 0.3 is 0 Å². The normalized spacial score (nSPS) is 25.1. The number of hydrogen-bond acceptors (Lipinski definition) is 3. The molecule has 3 rings (SSSR count). The quantitative estimate of drug-likeness (QED) is 0.853. The lowest BCUT2D eigenvalue weighted by molar-refractivity contribution is 0.0423. The number of nitrogens with zero attached hydrogens (tertiary/aromatic N) is 1. The van der Waals surface area contributed by atoms with Crippen molar-refractivity contribution in [3.05, 3.63) is 29.6 Å². The predicted molar refractivity (Wildman–Crippen MR) is 76.3 cm³/mol. The van der Waals surface area contributed by atoms with Crippen molar-refractivity contribution in [3.8, 4) is 0 Å². The molecule has 0 amide bonds. The summed E-state index contributed by atoms with van der Waals surface area (Å²) in [5, 5.41) is 3.67. The third-order valence-electron chi connectivity index (χ3n) is 4.59. The van der Waals surface area contributed by atoms with Gasteiger partial charge in [-0.05, 0) is 49.8 Å². The summed E-state index contributed by atoms with van der Waals surface area (Å²) in [6.07, 6.45) is 7.29. The zero-order valence-corrected chi connectivity index (χ0v) is 11.9. The van der Waals surface area contributed by atoms with E-state index in [1.807, 2.05) is 13.3 Å². The molecular weight excluding hydrogens is 236 g/mol. The van der Waals surface area contributed by atoms with Crippen LogP contribution in [0.25, 0.3) is 0 Å². The lowest BCUT2D eigenvalue weighted by Crippen LogP contribution is -2.46. The number of methoxy groups -OCH3 is 1. The molecule has 1 aromatic rings. The first kappa shape index (κ1) is 13.1. The average molecular weight is 260 g/mol. The second-order valence-corrected chi connectivity index (χ2v) is 5.81. The van der Waals surface area contributed by atoms with Crippen LogP contribution in [0.2, 0.25) is 0 Å². The van der Waals surface area contributed by atoms with Crippen LogP contribution in [0.4, 0.5) is 0 Å². The van der Waals surface area contributed by atoms with E-state index in [0.717, 1.165) is 18.9 Å². The van der Waals surface area contributed by atoms with Crippen LogP contribution in [0.1, 0.15) is 43.4 Å². The standard InChI is InChI=1S/C16H24N2O/c1-3-17-15(16(19-2)12-6-7-12)13-9-8-11-5-4-10-18-14(11)13/h4-5,10,12-13,15-17H,3,6-9H2,1-2H3. The molecule has 3 unspecified atom stereocenters. The van der Waals surface area contributed by atoms with Crippen LogP contribution in [0.3, 0.4) is 0 Å². The molecule has 2 aliphatic rings. The molecule has 19 heavy (non-hydrogen) atoms. The first-order valence-corrected chi connectivity index (χ1v) is 7.55. The van der Waals surface area contributed by atoms with Crippen molar-refractivity contribution in [2.24, 2.45) is 5.92 Å². The van der Waals surface area contributed by atoms with Gasteiger partial charge < -0.3 is 10.1 Å². The van der Waals surface area contributed by atoms with Gasteiger partial charge in [0.2, 0.25) is 0 Å². The van der Waals surface area contributed by atoms with E-state index < -0.39 is 0 Å². The van der Waals surface area contributed by atoms with Gasteiger partial charge in [0.1, 0.15) is 0 Å². The number of rotatable bonds is 6. The van der Waals surface area contributed by atoms with Gasteiger partial charge in [-0.3, -0.25) is 4.98 Å². The van der Waals surface area contributed by atoms with Gasteiger partial charge in [-0.25, -0.2) is 0 Å². The maximum absolute atomic E-state index is 5.83. The SMILES string of the molecule is CCNC(C1CCc2cccnc21)C(OC)C1CC1. The molecule has 0 saturated heterocycles. The highest BCUT2D eigenvalue weighted by molar-refractivity contribution is 5.30. The molecule has 0 spiro atoms. The summed E-state index contributed by atoms with van der Waals surface area (Å²) in [5.74, 6) is 1.27. The molecule has 1 aromatic heterocycles. The highest BCUT2D eigenvalue weighted by atomic mass is 16.5. The van der Waals surface area contributed by atoms with Crippen LogP contribution in [0.15, 0.2) is 18.3 Å². The van der Waals surface area contributed by atoms with Crippen molar-refractivity contribution in [2.45, 2.75) is 50.7 Å². The number of pyridine rings is 1. The molecular formula is C16H24N2O. The summed E-state index contributed by atoms with van der Waals surface area (Å²) in [7, 11) is 1.86. The van der Waals surface area contributed by atoms with E-state index in [0.29, 0.717) is 18.1 Å². The molecule has 0 bridgehead atoms. The molecule has 3 atom stereocenters. The van der Waals surface area contributed by atoms with E-state index in [1.54, 1.807) is 0 Å². The van der Waals surface area contributed by atoms with Crippen molar-refractivity contribution in [2.75, 3.05) is 13.7 Å². The number of nitrogens with one attached hydrogen (secondary N) is 1. The van der Waals surface area contributed by atoms with Crippen LogP contribution in [-0.2, 0) is 11.2 Å². The van der Waals surface area contributed by atoms with Crippen molar-refractivity contribution >= 4 is 0 Å². The van der Waals surface area contributed by atoms with Crippen LogP contribution in [0.5, 0.6) is 0 Å². The molecule has 2 aliphatic carbocycles. The minimum atomic E-state index is 0.345. The zero-order valence-electron chi connectivity index (χ0n) is 11.9. The fraction of sp³-hybridized carbons (Fsp3) is 0.688. The van der Waals surface area contributed by atoms with Gasteiger partial charge in [-0.15, -0.1) is 0 Å². The number of ether oxygens (including phenoxy) is 1. The molecule has 1 N–H and O–H groups in total. The molecule has 1 fully saturated rings. The molecule has 0 aliphatic heterocycles. The third kappa shape index (κ3) is 2.54. The molecule has 3 heteroatoms. The summed E-state index contributed by atoms with van der Waals surface area (Å²) < 4.78 is 5.83. The van der Waals surface area contributed by atoms with Crippen molar-refractivity contribution in [1.82, 2.24) is 10.3 Å². The topological polar surface area (TPSA) is 34.2 Å². The Morgan fingerprint density at radius 1 is 1.42 bits per heavy atom. The maximum Gasteiger partial charge on any atom is 0.0758 e. The molecule has 104 valence electrons. The average Bonchev–Trinajstić information content (AvgIpc) is 3.18. The Balaban J connectivity index is 1.84. The Kier molecular flexibility index (Phi) is 3.85. The second-order valence-electron chi connectivity index (χ2n) is 5.81. The lowest BCUT2D eigenvalue weighted by Gasteiger charge is -2.31. The number of likely N-dealkylation sites (N-methyl/N-ethyl adjacent to an activating group) is 1. The Hall–Kier alpha value is -0.930. The summed E-state index contributed by atoms with van der Waals surface area (Å²) >= 11 is 0. The van der Waals surface area contributed by atoms with E-state index in [4.69, 9.17) is 4.74 Å². The van der Waals surface area contributed by atoms with Crippen LogP contribution in [0, 0.1) is 5.92 Å².